The summed E-state index contributed by atoms with van der Waals surface area (Å²) in [5, 5.41) is 9.58. The first-order chi connectivity index (χ1) is 14.9. The Balaban J connectivity index is 1.31. The van der Waals surface area contributed by atoms with Gasteiger partial charge in [-0.1, -0.05) is 30.3 Å². The highest BCUT2D eigenvalue weighted by Gasteiger charge is 2.53. The molecule has 0 bridgehead atoms. The first-order valence-corrected chi connectivity index (χ1v) is 11.8. The highest BCUT2D eigenvalue weighted by atomic mass is 32.2. The Hall–Kier alpha value is -3.04. The molecule has 1 unspecified atom stereocenters. The number of thiophene rings is 1. The standard InChI is InChI=1S/C22H18N2O5S2/c25-19(8-13-4-2-1-3-5-13)23-7-6-18-14(11-23)9-15(30-18)10-16-20(26)24-17(22(27)28)12-31(29)21(16)24/h1-5,9-10,12,21H,6-8,11H2,(H,27,28)/b16-10-/t21-,31?/m1/s1. The van der Waals surface area contributed by atoms with E-state index in [1.54, 1.807) is 17.4 Å². The van der Waals surface area contributed by atoms with E-state index in [4.69, 9.17) is 0 Å². The lowest BCUT2D eigenvalue weighted by Crippen LogP contribution is -2.53. The molecule has 0 spiro atoms. The molecule has 1 aromatic carbocycles. The van der Waals surface area contributed by atoms with Crippen LogP contribution >= 0.6 is 11.3 Å². The van der Waals surface area contributed by atoms with E-state index < -0.39 is 28.0 Å². The van der Waals surface area contributed by atoms with E-state index in [2.05, 4.69) is 0 Å². The van der Waals surface area contributed by atoms with Gasteiger partial charge in [-0.05, 0) is 29.7 Å². The molecule has 1 N–H and O–H groups in total. The molecule has 7 nitrogen and oxygen atoms in total. The molecule has 0 saturated carbocycles. The molecule has 1 saturated heterocycles. The van der Waals surface area contributed by atoms with Gasteiger partial charge in [0.2, 0.25) is 5.91 Å². The molecule has 9 heteroatoms. The SMILES string of the molecule is O=C(O)C1=CS(=O)[C@@H]2/C(=C\c3cc4c(s3)CCN(C(=O)Cc3ccccc3)C4)C(=O)N12. The van der Waals surface area contributed by atoms with Gasteiger partial charge in [0.15, 0.2) is 0 Å². The third kappa shape index (κ3) is 3.43. The van der Waals surface area contributed by atoms with Crippen LogP contribution in [0.25, 0.3) is 6.08 Å². The van der Waals surface area contributed by atoms with Gasteiger partial charge in [-0.25, -0.2) is 4.79 Å². The molecular formula is C22H18N2O5S2. The molecule has 1 fully saturated rings. The predicted octanol–water partition coefficient (Wildman–Crippen LogP) is 2.12. The maximum Gasteiger partial charge on any atom is 0.353 e. The Morgan fingerprint density at radius 2 is 2.03 bits per heavy atom. The van der Waals surface area contributed by atoms with Crippen LogP contribution < -0.4 is 0 Å². The number of rotatable bonds is 4. The molecule has 2 aromatic rings. The number of carboxylic acid groups (broad SMARTS) is 1. The maximum absolute atomic E-state index is 12.7. The van der Waals surface area contributed by atoms with Crippen LogP contribution in [0.5, 0.6) is 0 Å². The summed E-state index contributed by atoms with van der Waals surface area (Å²) in [4.78, 5) is 41.3. The smallest absolute Gasteiger partial charge is 0.353 e. The Bertz CT molecular complexity index is 1200. The Kier molecular flexibility index (Phi) is 4.86. The van der Waals surface area contributed by atoms with E-state index in [0.29, 0.717) is 25.1 Å². The molecule has 1 aromatic heterocycles. The van der Waals surface area contributed by atoms with Gasteiger partial charge < -0.3 is 10.0 Å². The van der Waals surface area contributed by atoms with Gasteiger partial charge in [0, 0.05) is 28.3 Å². The second-order valence-corrected chi connectivity index (χ2v) is 10.1. The van der Waals surface area contributed by atoms with Crippen molar-refractivity contribution in [2.75, 3.05) is 6.54 Å². The fraction of sp³-hybridized carbons (Fsp3) is 0.227. The summed E-state index contributed by atoms with van der Waals surface area (Å²) < 4.78 is 12.3. The van der Waals surface area contributed by atoms with Gasteiger partial charge in [0.05, 0.1) is 22.8 Å². The van der Waals surface area contributed by atoms with Crippen LogP contribution in [0, 0.1) is 0 Å². The number of carbonyl (C=O) groups excluding carboxylic acids is 2. The average Bonchev–Trinajstić information content (AvgIpc) is 3.30. The number of hydrogen-bond donors (Lipinski definition) is 1. The molecule has 3 aliphatic heterocycles. The van der Waals surface area contributed by atoms with Gasteiger partial charge in [-0.15, -0.1) is 11.3 Å². The predicted molar refractivity (Wildman–Crippen MR) is 116 cm³/mol. The third-order valence-corrected chi connectivity index (χ3v) is 8.17. The average molecular weight is 455 g/mol. The molecule has 2 atom stereocenters. The zero-order valence-corrected chi connectivity index (χ0v) is 17.9. The number of hydrogen-bond acceptors (Lipinski definition) is 5. The van der Waals surface area contributed by atoms with Crippen molar-refractivity contribution >= 4 is 46.0 Å². The number of aliphatic carboxylic acids is 1. The van der Waals surface area contributed by atoms with Crippen molar-refractivity contribution < 1.29 is 23.7 Å². The van der Waals surface area contributed by atoms with Crippen molar-refractivity contribution in [1.29, 1.82) is 0 Å². The van der Waals surface area contributed by atoms with Crippen LogP contribution in [0.4, 0.5) is 0 Å². The van der Waals surface area contributed by atoms with Crippen LogP contribution in [0.2, 0.25) is 0 Å². The van der Waals surface area contributed by atoms with Gasteiger partial charge in [-0.3, -0.25) is 18.7 Å². The Labute approximate surface area is 184 Å². The quantitative estimate of drug-likeness (QED) is 0.564. The van der Waals surface area contributed by atoms with Crippen molar-refractivity contribution in [3.8, 4) is 0 Å². The summed E-state index contributed by atoms with van der Waals surface area (Å²) in [7, 11) is -1.56. The fourth-order valence-corrected chi connectivity index (χ4v) is 6.60. The number of carboxylic acids is 1. The van der Waals surface area contributed by atoms with E-state index in [1.807, 2.05) is 41.3 Å². The van der Waals surface area contributed by atoms with Crippen LogP contribution in [-0.2, 0) is 44.6 Å². The molecule has 0 radical (unpaired) electrons. The number of fused-ring (bicyclic) bond motifs is 2. The molecule has 5 rings (SSSR count). The highest BCUT2D eigenvalue weighted by molar-refractivity contribution is 7.89. The summed E-state index contributed by atoms with van der Waals surface area (Å²) in [5.41, 5.74) is 2.19. The summed E-state index contributed by atoms with van der Waals surface area (Å²) in [6.07, 6.45) is 2.83. The lowest BCUT2D eigenvalue weighted by molar-refractivity contribution is -0.141. The monoisotopic (exact) mass is 454 g/mol. The molecular weight excluding hydrogens is 436 g/mol. The maximum atomic E-state index is 12.7. The lowest BCUT2D eigenvalue weighted by Gasteiger charge is -2.36. The summed E-state index contributed by atoms with van der Waals surface area (Å²) >= 11 is 1.56. The van der Waals surface area contributed by atoms with E-state index >= 15 is 0 Å². The van der Waals surface area contributed by atoms with Crippen LogP contribution in [0.1, 0.15) is 20.9 Å². The minimum Gasteiger partial charge on any atom is -0.477 e. The second-order valence-electron chi connectivity index (χ2n) is 7.59. The summed E-state index contributed by atoms with van der Waals surface area (Å²) in [5.74, 6) is -1.59. The molecule has 31 heavy (non-hydrogen) atoms. The third-order valence-electron chi connectivity index (χ3n) is 5.63. The number of amides is 2. The van der Waals surface area contributed by atoms with Gasteiger partial charge >= 0.3 is 5.97 Å². The molecule has 2 amide bonds. The normalized spacial score (nSPS) is 23.3. The lowest BCUT2D eigenvalue weighted by atomic mass is 10.0. The highest BCUT2D eigenvalue weighted by Crippen LogP contribution is 2.40. The fourth-order valence-electron chi connectivity index (χ4n) is 4.08. The van der Waals surface area contributed by atoms with Gasteiger partial charge in [0.25, 0.3) is 5.91 Å². The number of β-lactam (4-membered cyclic amide) rings is 1. The Morgan fingerprint density at radius 1 is 1.26 bits per heavy atom. The molecule has 3 aliphatic rings. The first-order valence-electron chi connectivity index (χ1n) is 9.75. The minimum atomic E-state index is -1.56. The molecule has 158 valence electrons. The largest absolute Gasteiger partial charge is 0.477 e. The number of carbonyl (C=O) groups is 3. The van der Waals surface area contributed by atoms with Gasteiger partial charge in [0.1, 0.15) is 11.1 Å². The van der Waals surface area contributed by atoms with Crippen molar-refractivity contribution in [2.45, 2.75) is 24.8 Å². The number of nitrogens with zero attached hydrogens (tertiary/aromatic N) is 2. The first kappa shape index (κ1) is 19.9. The zero-order valence-electron chi connectivity index (χ0n) is 16.3. The zero-order chi connectivity index (χ0) is 21.7. The van der Waals surface area contributed by atoms with E-state index in [0.717, 1.165) is 32.7 Å². The van der Waals surface area contributed by atoms with E-state index in [9.17, 15) is 23.7 Å². The van der Waals surface area contributed by atoms with Crippen molar-refractivity contribution in [3.05, 3.63) is 74.0 Å². The second kappa shape index (κ2) is 7.58. The van der Waals surface area contributed by atoms with Crippen molar-refractivity contribution in [3.63, 3.8) is 0 Å². The van der Waals surface area contributed by atoms with Gasteiger partial charge in [-0.2, -0.15) is 0 Å². The summed E-state index contributed by atoms with van der Waals surface area (Å²) in [6, 6.07) is 11.6. The summed E-state index contributed by atoms with van der Waals surface area (Å²) in [6.45, 7) is 1.18. The van der Waals surface area contributed by atoms with Crippen LogP contribution in [0.3, 0.4) is 0 Å². The van der Waals surface area contributed by atoms with Crippen LogP contribution in [-0.4, -0.2) is 48.8 Å². The van der Waals surface area contributed by atoms with Crippen molar-refractivity contribution in [2.24, 2.45) is 0 Å². The van der Waals surface area contributed by atoms with E-state index in [1.165, 1.54) is 4.88 Å². The van der Waals surface area contributed by atoms with Crippen LogP contribution in [0.15, 0.2) is 53.1 Å². The topological polar surface area (TPSA) is 95.0 Å². The van der Waals surface area contributed by atoms with E-state index in [-0.39, 0.29) is 11.6 Å². The Morgan fingerprint density at radius 3 is 2.77 bits per heavy atom. The molecule has 0 aliphatic carbocycles. The number of benzene rings is 1. The van der Waals surface area contributed by atoms with Crippen molar-refractivity contribution in [1.82, 2.24) is 9.80 Å². The minimum absolute atomic E-state index is 0.0846. The molecule has 4 heterocycles.